The van der Waals surface area contributed by atoms with Crippen molar-refractivity contribution >= 4 is 54.8 Å². The van der Waals surface area contributed by atoms with Crippen molar-refractivity contribution in [2.24, 2.45) is 5.92 Å². The van der Waals surface area contributed by atoms with E-state index in [4.69, 9.17) is 0 Å². The summed E-state index contributed by atoms with van der Waals surface area (Å²) in [5.41, 5.74) is 1.61. The molecular formula is C26H37IN6O4S. The van der Waals surface area contributed by atoms with Crippen molar-refractivity contribution in [1.29, 1.82) is 0 Å². The van der Waals surface area contributed by atoms with Gasteiger partial charge in [0.2, 0.25) is 0 Å². The molecule has 0 unspecified atom stereocenters. The summed E-state index contributed by atoms with van der Waals surface area (Å²) in [5.74, 6) is -2.07. The number of allylic oxidation sites excluding steroid dienone is 2. The van der Waals surface area contributed by atoms with Gasteiger partial charge < -0.3 is 9.80 Å². The molecule has 10 nitrogen and oxygen atoms in total. The standard InChI is InChI=1S/C26H37IN6O4S/c1-5-27-11-8-17(9-12-27)28-22(34)23(35)29-18-7-6-16(26(37)32(2)3)14-20(18)30-24(36)25-31-19-10-13-33(4)15-21(19)38-25/h8-9,11,16,18,20H,5-7,10,12-15H2,1-4H3,(H,28,34)(H,29,35)(H,30,36)/t16-,18-,20+/m0/s1. The number of amides is 4. The number of fused-ring (bicyclic) bond motifs is 1. The van der Waals surface area contributed by atoms with E-state index in [2.05, 4.69) is 36.8 Å². The fraction of sp³-hybridized carbons (Fsp3) is 0.577. The molecule has 0 radical (unpaired) electrons. The summed E-state index contributed by atoms with van der Waals surface area (Å²) in [6, 6.07) is -0.978. The van der Waals surface area contributed by atoms with Gasteiger partial charge in [-0.3, -0.25) is 4.79 Å². The quantitative estimate of drug-likeness (QED) is 0.243. The molecule has 3 aliphatic rings. The van der Waals surface area contributed by atoms with Gasteiger partial charge in [-0.25, -0.2) is 4.98 Å². The van der Waals surface area contributed by atoms with Gasteiger partial charge in [0.05, 0.1) is 5.69 Å². The van der Waals surface area contributed by atoms with Crippen LogP contribution in [0.1, 0.15) is 46.6 Å². The summed E-state index contributed by atoms with van der Waals surface area (Å²) in [6.45, 7) is 3.85. The molecule has 4 rings (SSSR count). The zero-order valence-corrected chi connectivity index (χ0v) is 25.4. The number of carbonyl (C=O) groups excluding carboxylic acids is 4. The number of rotatable bonds is 6. The van der Waals surface area contributed by atoms with Crippen molar-refractivity contribution in [2.45, 2.75) is 51.2 Å². The Labute approximate surface area is 235 Å². The molecule has 2 aliphatic heterocycles. The Hall–Kier alpha value is -2.32. The molecule has 1 saturated carbocycles. The summed E-state index contributed by atoms with van der Waals surface area (Å²) in [7, 11) is 5.47. The number of aromatic nitrogens is 1. The van der Waals surface area contributed by atoms with Crippen molar-refractivity contribution in [2.75, 3.05) is 36.5 Å². The molecule has 208 valence electrons. The van der Waals surface area contributed by atoms with Gasteiger partial charge in [-0.05, 0) is 7.05 Å². The van der Waals surface area contributed by atoms with Crippen LogP contribution in [0, 0.1) is 5.92 Å². The third kappa shape index (κ3) is 7.00. The topological polar surface area (TPSA) is 124 Å². The Kier molecular flexibility index (Phi) is 9.58. The molecule has 1 aromatic heterocycles. The number of nitrogens with zero attached hydrogens (tertiary/aromatic N) is 3. The van der Waals surface area contributed by atoms with Gasteiger partial charge in [0.15, 0.2) is 0 Å². The van der Waals surface area contributed by atoms with Crippen LogP contribution in [0.5, 0.6) is 0 Å². The summed E-state index contributed by atoms with van der Waals surface area (Å²) in [5, 5.41) is 8.93. The average Bonchev–Trinajstić information content (AvgIpc) is 3.33. The molecule has 1 fully saturated rings. The summed E-state index contributed by atoms with van der Waals surface area (Å²) in [4.78, 5) is 60.8. The maximum absolute atomic E-state index is 13.2. The molecule has 38 heavy (non-hydrogen) atoms. The van der Waals surface area contributed by atoms with Crippen LogP contribution in [0.25, 0.3) is 0 Å². The Balaban J connectivity index is 1.43. The minimum atomic E-state index is -1.08. The van der Waals surface area contributed by atoms with Gasteiger partial charge in [0.25, 0.3) is 0 Å². The summed E-state index contributed by atoms with van der Waals surface area (Å²) in [6.07, 6.45) is 6.10. The van der Waals surface area contributed by atoms with Crippen molar-refractivity contribution < 1.29 is 19.2 Å². The van der Waals surface area contributed by atoms with Crippen LogP contribution in [0.3, 0.4) is 0 Å². The molecule has 1 aliphatic carbocycles. The summed E-state index contributed by atoms with van der Waals surface area (Å²) < 4.78 is 4.34. The van der Waals surface area contributed by atoms with Crippen LogP contribution in [-0.4, -0.2) is 87.0 Å². The Morgan fingerprint density at radius 2 is 1.95 bits per heavy atom. The van der Waals surface area contributed by atoms with Gasteiger partial charge >= 0.3 is 154 Å². The second-order valence-corrected chi connectivity index (χ2v) is 17.2. The molecule has 0 spiro atoms. The van der Waals surface area contributed by atoms with Crippen molar-refractivity contribution in [3.8, 4) is 0 Å². The molecular weight excluding hydrogens is 619 g/mol. The predicted octanol–water partition coefficient (Wildman–Crippen LogP) is 1.66. The van der Waals surface area contributed by atoms with Crippen LogP contribution < -0.4 is 16.0 Å². The number of carbonyl (C=O) groups is 4. The fourth-order valence-electron chi connectivity index (χ4n) is 4.91. The third-order valence-electron chi connectivity index (χ3n) is 7.11. The number of nitrogens with one attached hydrogen (secondary N) is 3. The molecule has 0 bridgehead atoms. The minimum absolute atomic E-state index is 0.00932. The van der Waals surface area contributed by atoms with E-state index in [1.54, 1.807) is 19.0 Å². The third-order valence-corrected chi connectivity index (χ3v) is 13.1. The number of hydrogen-bond donors (Lipinski definition) is 3. The molecule has 0 aromatic carbocycles. The first-order chi connectivity index (χ1) is 18.1. The number of likely N-dealkylation sites (N-methyl/N-ethyl adjacent to an activating group) is 1. The van der Waals surface area contributed by atoms with E-state index in [-0.39, 0.29) is 17.7 Å². The average molecular weight is 657 g/mol. The predicted molar refractivity (Wildman–Crippen MR) is 156 cm³/mol. The van der Waals surface area contributed by atoms with Gasteiger partial charge in [-0.15, -0.1) is 11.3 Å². The molecule has 4 amide bonds. The number of alkyl halides is 2. The molecule has 3 N–H and O–H groups in total. The first kappa shape index (κ1) is 28.7. The number of halogens is 1. The van der Waals surface area contributed by atoms with Gasteiger partial charge in [-0.2, -0.15) is 0 Å². The molecule has 0 saturated heterocycles. The van der Waals surface area contributed by atoms with E-state index in [0.717, 1.165) is 34.5 Å². The normalized spacial score (nSPS) is 24.2. The van der Waals surface area contributed by atoms with Crippen molar-refractivity contribution in [1.82, 2.24) is 30.7 Å². The molecule has 1 aromatic rings. The fourth-order valence-corrected chi connectivity index (χ4v) is 9.37. The van der Waals surface area contributed by atoms with E-state index in [1.165, 1.54) is 15.8 Å². The van der Waals surface area contributed by atoms with Crippen LogP contribution in [0.2, 0.25) is 0 Å². The van der Waals surface area contributed by atoms with Crippen molar-refractivity contribution in [3.05, 3.63) is 37.5 Å². The van der Waals surface area contributed by atoms with E-state index < -0.39 is 43.7 Å². The zero-order valence-electron chi connectivity index (χ0n) is 22.4. The second kappa shape index (κ2) is 12.7. The van der Waals surface area contributed by atoms with E-state index in [9.17, 15) is 19.2 Å². The van der Waals surface area contributed by atoms with E-state index in [0.29, 0.717) is 30.0 Å². The SMILES string of the molecule is CCI1C=CC(NC(=O)C(=O)N[C@H]2CC[C@H](C(=O)N(C)C)C[C@H]2NC(=O)c2nc3c(s2)CN(C)CC3)=CC1. The molecule has 12 heteroatoms. The van der Waals surface area contributed by atoms with Crippen LogP contribution in [0.4, 0.5) is 0 Å². The van der Waals surface area contributed by atoms with Crippen LogP contribution in [0.15, 0.2) is 21.9 Å². The van der Waals surface area contributed by atoms with Crippen LogP contribution >= 0.6 is 31.2 Å². The maximum atomic E-state index is 13.2. The van der Waals surface area contributed by atoms with E-state index in [1.807, 2.05) is 19.2 Å². The first-order valence-electron chi connectivity index (χ1n) is 12.9. The monoisotopic (exact) mass is 656 g/mol. The molecule has 3 atom stereocenters. The second-order valence-electron chi connectivity index (χ2n) is 10.1. The van der Waals surface area contributed by atoms with Crippen LogP contribution in [-0.2, 0) is 27.3 Å². The molecule has 3 heterocycles. The first-order valence-corrected chi connectivity index (χ1v) is 18.1. The van der Waals surface area contributed by atoms with Gasteiger partial charge in [-0.1, -0.05) is 0 Å². The number of hydrogen-bond acceptors (Lipinski definition) is 7. The summed E-state index contributed by atoms with van der Waals surface area (Å²) >= 11 is 0.308. The number of thiazole rings is 1. The van der Waals surface area contributed by atoms with Crippen molar-refractivity contribution in [3.63, 3.8) is 0 Å². The zero-order chi connectivity index (χ0) is 27.4. The van der Waals surface area contributed by atoms with E-state index >= 15 is 0 Å². The van der Waals surface area contributed by atoms with Gasteiger partial charge in [0, 0.05) is 38.5 Å². The Morgan fingerprint density at radius 3 is 2.63 bits per heavy atom. The van der Waals surface area contributed by atoms with Gasteiger partial charge in [0.1, 0.15) is 0 Å². The Morgan fingerprint density at radius 1 is 1.16 bits per heavy atom. The Bertz CT molecular complexity index is 1150.